The molecule has 1 aromatic carbocycles. The van der Waals surface area contributed by atoms with Crippen molar-refractivity contribution in [3.63, 3.8) is 0 Å². The largest absolute Gasteiger partial charge is 0.345 e. The Morgan fingerprint density at radius 3 is 2.89 bits per heavy atom. The van der Waals surface area contributed by atoms with Gasteiger partial charge in [-0.2, -0.15) is 0 Å². The molecule has 0 aliphatic carbocycles. The highest BCUT2D eigenvalue weighted by atomic mass is 32.1. The van der Waals surface area contributed by atoms with E-state index in [-0.39, 0.29) is 0 Å². The summed E-state index contributed by atoms with van der Waals surface area (Å²) in [4.78, 5) is 4.66. The molecule has 92 valence electrons. The summed E-state index contributed by atoms with van der Waals surface area (Å²) in [6, 6.07) is 12.5. The van der Waals surface area contributed by atoms with Crippen LogP contribution < -0.4 is 5.73 Å². The SMILES string of the molecule is NCCc1cccn1Cc1nc2ccccc2s1. The Hall–Kier alpha value is -1.65. The van der Waals surface area contributed by atoms with Crippen molar-refractivity contribution < 1.29 is 0 Å². The summed E-state index contributed by atoms with van der Waals surface area (Å²) in [5.74, 6) is 0. The fraction of sp³-hybridized carbons (Fsp3) is 0.214. The summed E-state index contributed by atoms with van der Waals surface area (Å²) >= 11 is 1.76. The molecule has 3 rings (SSSR count). The van der Waals surface area contributed by atoms with Gasteiger partial charge in [0.2, 0.25) is 0 Å². The highest BCUT2D eigenvalue weighted by Gasteiger charge is 2.06. The van der Waals surface area contributed by atoms with Gasteiger partial charge < -0.3 is 10.3 Å². The second kappa shape index (κ2) is 4.92. The lowest BCUT2D eigenvalue weighted by Gasteiger charge is -2.05. The number of aromatic nitrogens is 2. The van der Waals surface area contributed by atoms with Crippen molar-refractivity contribution in [2.75, 3.05) is 6.54 Å². The Morgan fingerprint density at radius 2 is 2.06 bits per heavy atom. The molecule has 0 saturated carbocycles. The topological polar surface area (TPSA) is 43.8 Å². The summed E-state index contributed by atoms with van der Waals surface area (Å²) in [6.07, 6.45) is 3.01. The zero-order valence-electron chi connectivity index (χ0n) is 10.0. The van der Waals surface area contributed by atoms with Crippen LogP contribution in [0, 0.1) is 0 Å². The molecule has 2 aromatic heterocycles. The summed E-state index contributed by atoms with van der Waals surface area (Å²) in [5.41, 5.74) is 7.98. The van der Waals surface area contributed by atoms with Crippen LogP contribution in [0.25, 0.3) is 10.2 Å². The minimum atomic E-state index is 0.684. The van der Waals surface area contributed by atoms with E-state index in [1.54, 1.807) is 11.3 Å². The minimum absolute atomic E-state index is 0.684. The Morgan fingerprint density at radius 1 is 1.17 bits per heavy atom. The number of hydrogen-bond acceptors (Lipinski definition) is 3. The van der Waals surface area contributed by atoms with E-state index in [1.807, 2.05) is 6.07 Å². The van der Waals surface area contributed by atoms with Gasteiger partial charge in [-0.3, -0.25) is 0 Å². The van der Waals surface area contributed by atoms with Crippen molar-refractivity contribution in [1.82, 2.24) is 9.55 Å². The summed E-state index contributed by atoms with van der Waals surface area (Å²) in [6.45, 7) is 1.52. The van der Waals surface area contributed by atoms with Gasteiger partial charge in [0.1, 0.15) is 5.01 Å². The van der Waals surface area contributed by atoms with Crippen molar-refractivity contribution in [3.05, 3.63) is 53.3 Å². The number of nitrogens with two attached hydrogens (primary N) is 1. The fourth-order valence-corrected chi connectivity index (χ4v) is 3.08. The Kier molecular flexibility index (Phi) is 3.13. The molecular formula is C14H15N3S. The normalized spacial score (nSPS) is 11.2. The average Bonchev–Trinajstić information content (AvgIpc) is 2.97. The number of hydrogen-bond donors (Lipinski definition) is 1. The van der Waals surface area contributed by atoms with Gasteiger partial charge in [0.05, 0.1) is 16.8 Å². The van der Waals surface area contributed by atoms with Crippen molar-refractivity contribution in [2.45, 2.75) is 13.0 Å². The van der Waals surface area contributed by atoms with Crippen LogP contribution in [0.15, 0.2) is 42.6 Å². The van der Waals surface area contributed by atoms with Gasteiger partial charge >= 0.3 is 0 Å². The summed E-state index contributed by atoms with van der Waals surface area (Å²) in [5, 5.41) is 1.14. The van der Waals surface area contributed by atoms with E-state index in [9.17, 15) is 0 Å². The van der Waals surface area contributed by atoms with Crippen LogP contribution in [0.2, 0.25) is 0 Å². The molecule has 0 radical (unpaired) electrons. The van der Waals surface area contributed by atoms with Crippen molar-refractivity contribution >= 4 is 21.6 Å². The molecular weight excluding hydrogens is 242 g/mol. The van der Waals surface area contributed by atoms with Crippen LogP contribution in [0.4, 0.5) is 0 Å². The number of para-hydroxylation sites is 1. The van der Waals surface area contributed by atoms with Crippen LogP contribution in [-0.4, -0.2) is 16.1 Å². The number of fused-ring (bicyclic) bond motifs is 1. The Balaban J connectivity index is 1.89. The van der Waals surface area contributed by atoms with E-state index in [2.05, 4.69) is 46.1 Å². The highest BCUT2D eigenvalue weighted by Crippen LogP contribution is 2.22. The first-order valence-electron chi connectivity index (χ1n) is 6.05. The first-order valence-corrected chi connectivity index (χ1v) is 6.87. The van der Waals surface area contributed by atoms with E-state index in [0.29, 0.717) is 6.54 Å². The standard InChI is InChI=1S/C14H15N3S/c15-8-7-11-4-3-9-17(11)10-14-16-12-5-1-2-6-13(12)18-14/h1-6,9H,7-8,10,15H2. The zero-order chi connectivity index (χ0) is 12.4. The van der Waals surface area contributed by atoms with Crippen molar-refractivity contribution in [1.29, 1.82) is 0 Å². The first kappa shape index (κ1) is 11.4. The van der Waals surface area contributed by atoms with Crippen LogP contribution >= 0.6 is 11.3 Å². The van der Waals surface area contributed by atoms with Gasteiger partial charge in [0.15, 0.2) is 0 Å². The molecule has 0 saturated heterocycles. The molecule has 0 amide bonds. The molecule has 0 aliphatic rings. The summed E-state index contributed by atoms with van der Waals surface area (Å²) in [7, 11) is 0. The molecule has 3 aromatic rings. The molecule has 3 nitrogen and oxygen atoms in total. The molecule has 2 heterocycles. The maximum atomic E-state index is 5.62. The van der Waals surface area contributed by atoms with Gasteiger partial charge in [0.25, 0.3) is 0 Å². The molecule has 18 heavy (non-hydrogen) atoms. The third kappa shape index (κ3) is 2.17. The van der Waals surface area contributed by atoms with E-state index >= 15 is 0 Å². The average molecular weight is 257 g/mol. The predicted molar refractivity (Wildman–Crippen MR) is 75.9 cm³/mol. The lowest BCUT2D eigenvalue weighted by Crippen LogP contribution is -2.09. The number of nitrogens with zero attached hydrogens (tertiary/aromatic N) is 2. The maximum Gasteiger partial charge on any atom is 0.114 e. The monoisotopic (exact) mass is 257 g/mol. The molecule has 0 fully saturated rings. The van der Waals surface area contributed by atoms with Gasteiger partial charge in [0, 0.05) is 11.9 Å². The molecule has 0 aliphatic heterocycles. The lowest BCUT2D eigenvalue weighted by atomic mass is 10.3. The highest BCUT2D eigenvalue weighted by molar-refractivity contribution is 7.18. The van der Waals surface area contributed by atoms with Crippen molar-refractivity contribution in [2.24, 2.45) is 5.73 Å². The Bertz CT molecular complexity index is 621. The zero-order valence-corrected chi connectivity index (χ0v) is 10.9. The second-order valence-corrected chi connectivity index (χ2v) is 5.36. The van der Waals surface area contributed by atoms with Crippen LogP contribution in [-0.2, 0) is 13.0 Å². The minimum Gasteiger partial charge on any atom is -0.345 e. The quantitative estimate of drug-likeness (QED) is 0.781. The van der Waals surface area contributed by atoms with E-state index in [4.69, 9.17) is 5.73 Å². The van der Waals surface area contributed by atoms with Gasteiger partial charge in [-0.15, -0.1) is 11.3 Å². The second-order valence-electron chi connectivity index (χ2n) is 4.24. The molecule has 0 spiro atoms. The number of benzene rings is 1. The number of thiazole rings is 1. The van der Waals surface area contributed by atoms with Crippen LogP contribution in [0.5, 0.6) is 0 Å². The molecule has 0 atom stereocenters. The summed E-state index contributed by atoms with van der Waals surface area (Å²) < 4.78 is 3.48. The predicted octanol–water partition coefficient (Wildman–Crippen LogP) is 2.65. The van der Waals surface area contributed by atoms with Crippen molar-refractivity contribution in [3.8, 4) is 0 Å². The third-order valence-corrected chi connectivity index (χ3v) is 3.99. The van der Waals surface area contributed by atoms with Gasteiger partial charge in [-0.05, 0) is 37.2 Å². The molecule has 4 heteroatoms. The number of rotatable bonds is 4. The van der Waals surface area contributed by atoms with Crippen LogP contribution in [0.3, 0.4) is 0 Å². The maximum absolute atomic E-state index is 5.62. The Labute approximate surface area is 110 Å². The smallest absolute Gasteiger partial charge is 0.114 e. The first-order chi connectivity index (χ1) is 8.86. The van der Waals surface area contributed by atoms with Crippen LogP contribution in [0.1, 0.15) is 10.7 Å². The molecule has 2 N–H and O–H groups in total. The fourth-order valence-electron chi connectivity index (χ4n) is 2.11. The third-order valence-electron chi connectivity index (χ3n) is 2.97. The lowest BCUT2D eigenvalue weighted by molar-refractivity contribution is 0.733. The molecule has 0 bridgehead atoms. The van der Waals surface area contributed by atoms with E-state index in [0.717, 1.165) is 23.5 Å². The van der Waals surface area contributed by atoms with Gasteiger partial charge in [-0.25, -0.2) is 4.98 Å². The van der Waals surface area contributed by atoms with E-state index in [1.165, 1.54) is 10.4 Å². The van der Waals surface area contributed by atoms with E-state index < -0.39 is 0 Å². The van der Waals surface area contributed by atoms with Gasteiger partial charge in [-0.1, -0.05) is 12.1 Å². The molecule has 0 unspecified atom stereocenters.